The van der Waals surface area contributed by atoms with E-state index in [1.807, 2.05) is 79.0 Å². The molecule has 2 aliphatic heterocycles. The third-order valence-corrected chi connectivity index (χ3v) is 5.18. The summed E-state index contributed by atoms with van der Waals surface area (Å²) in [5.41, 5.74) is 5.76. The van der Waals surface area contributed by atoms with Crippen LogP contribution >= 0.6 is 0 Å². The van der Waals surface area contributed by atoms with Gasteiger partial charge in [0.2, 0.25) is 5.70 Å². The van der Waals surface area contributed by atoms with Gasteiger partial charge in [0.1, 0.15) is 17.6 Å². The highest BCUT2D eigenvalue weighted by atomic mass is 16.4. The third kappa shape index (κ3) is 2.70. The molecule has 3 N–H and O–H groups in total. The molecule has 0 aromatic heterocycles. The van der Waals surface area contributed by atoms with Crippen LogP contribution < -0.4 is 5.84 Å². The van der Waals surface area contributed by atoms with Crippen molar-refractivity contribution in [3.8, 4) is 0 Å². The molecule has 29 heavy (non-hydrogen) atoms. The highest BCUT2D eigenvalue weighted by Gasteiger charge is 2.44. The van der Waals surface area contributed by atoms with E-state index >= 15 is 0 Å². The van der Waals surface area contributed by atoms with Gasteiger partial charge in [-0.1, -0.05) is 65.8 Å². The van der Waals surface area contributed by atoms with Crippen LogP contribution in [0.2, 0.25) is 0 Å². The summed E-state index contributed by atoms with van der Waals surface area (Å²) in [5.74, 6) is 7.43. The van der Waals surface area contributed by atoms with Crippen LogP contribution in [-0.4, -0.2) is 27.6 Å². The predicted molar refractivity (Wildman–Crippen MR) is 113 cm³/mol. The molecule has 0 radical (unpaired) electrons. The van der Waals surface area contributed by atoms with Crippen LogP contribution in [0, 0.1) is 0 Å². The lowest BCUT2D eigenvalue weighted by molar-refractivity contribution is -0.750. The third-order valence-electron chi connectivity index (χ3n) is 5.18. The van der Waals surface area contributed by atoms with E-state index < -0.39 is 0 Å². The normalized spacial score (nSPS) is 22.3. The van der Waals surface area contributed by atoms with E-state index in [1.165, 1.54) is 0 Å². The Labute approximate surface area is 167 Å². The molecule has 2 heterocycles. The Hall–Kier alpha value is -3.87. The largest absolute Gasteiger partial charge is 0.410 e. The fourth-order valence-electron chi connectivity index (χ4n) is 3.60. The summed E-state index contributed by atoms with van der Waals surface area (Å²) in [6, 6.07) is 17.3. The van der Waals surface area contributed by atoms with Gasteiger partial charge in [0.15, 0.2) is 0 Å². The average Bonchev–Trinajstić information content (AvgIpc) is 3.02. The first kappa shape index (κ1) is 17.2. The minimum absolute atomic E-state index is 0.0248. The molecule has 140 valence electrons. The number of aliphatic imine (C=N–C) groups is 2. The van der Waals surface area contributed by atoms with E-state index in [-0.39, 0.29) is 4.59 Å². The van der Waals surface area contributed by atoms with Crippen molar-refractivity contribution in [3.63, 3.8) is 0 Å². The molecule has 0 saturated heterocycles. The monoisotopic (exact) mass is 380 g/mol. The SMILES string of the molecule is N[N+]12C=CN=CC1=C(C1=CC=C1)N=C2c1ccc(C(=NO)c2ccccc2)cc1. The van der Waals surface area contributed by atoms with Crippen LogP contribution in [-0.2, 0) is 0 Å². The lowest BCUT2D eigenvalue weighted by atomic mass is 10.0. The Morgan fingerprint density at radius 3 is 2.38 bits per heavy atom. The van der Waals surface area contributed by atoms with Gasteiger partial charge in [-0.05, 0) is 12.1 Å². The zero-order valence-electron chi connectivity index (χ0n) is 15.5. The van der Waals surface area contributed by atoms with E-state index in [9.17, 15) is 5.21 Å². The van der Waals surface area contributed by atoms with Gasteiger partial charge in [0.05, 0.1) is 18.0 Å². The van der Waals surface area contributed by atoms with Crippen molar-refractivity contribution >= 4 is 17.8 Å². The van der Waals surface area contributed by atoms with Crippen LogP contribution in [0.3, 0.4) is 0 Å². The molecule has 0 spiro atoms. The lowest BCUT2D eigenvalue weighted by Gasteiger charge is -2.26. The van der Waals surface area contributed by atoms with Crippen molar-refractivity contribution < 1.29 is 9.80 Å². The van der Waals surface area contributed by atoms with E-state index in [4.69, 9.17) is 10.8 Å². The highest BCUT2D eigenvalue weighted by molar-refractivity contribution is 6.13. The van der Waals surface area contributed by atoms with Crippen LogP contribution in [0.25, 0.3) is 0 Å². The van der Waals surface area contributed by atoms with Crippen LogP contribution in [0.1, 0.15) is 16.7 Å². The van der Waals surface area contributed by atoms with Crippen LogP contribution in [0.5, 0.6) is 0 Å². The molecular formula is C23H18N5O+. The number of nitrogens with two attached hydrogens (primary N) is 1. The maximum atomic E-state index is 9.54. The van der Waals surface area contributed by atoms with E-state index in [0.717, 1.165) is 33.7 Å². The second-order valence-corrected chi connectivity index (χ2v) is 6.90. The van der Waals surface area contributed by atoms with Crippen molar-refractivity contribution in [2.45, 2.75) is 0 Å². The van der Waals surface area contributed by atoms with E-state index in [1.54, 1.807) is 12.4 Å². The molecule has 0 saturated carbocycles. The van der Waals surface area contributed by atoms with Gasteiger partial charge in [-0.25, -0.2) is 0 Å². The quantitative estimate of drug-likeness (QED) is 0.279. The van der Waals surface area contributed by atoms with Crippen LogP contribution in [0.4, 0.5) is 0 Å². The van der Waals surface area contributed by atoms with Crippen molar-refractivity contribution in [1.82, 2.24) is 0 Å². The molecule has 0 fully saturated rings. The lowest BCUT2D eigenvalue weighted by Crippen LogP contribution is -2.53. The van der Waals surface area contributed by atoms with Crippen molar-refractivity contribution in [2.75, 3.05) is 0 Å². The van der Waals surface area contributed by atoms with Crippen molar-refractivity contribution in [3.05, 3.63) is 119 Å². The number of fused-ring (bicyclic) bond motifs is 1. The molecule has 1 atom stereocenters. The Kier molecular flexibility index (Phi) is 3.94. The summed E-state index contributed by atoms with van der Waals surface area (Å²) in [7, 11) is 0. The molecule has 1 unspecified atom stereocenters. The number of quaternary nitrogens is 1. The Bertz CT molecular complexity index is 1200. The minimum atomic E-state index is -0.0248. The molecular weight excluding hydrogens is 362 g/mol. The van der Waals surface area contributed by atoms with Crippen LogP contribution in [0.15, 0.2) is 117 Å². The van der Waals surface area contributed by atoms with Crippen molar-refractivity contribution in [2.24, 2.45) is 21.0 Å². The fraction of sp³-hybridized carbons (Fsp3) is 0. The zero-order chi connectivity index (χ0) is 19.8. The molecule has 6 nitrogen and oxygen atoms in total. The number of hydrogen-bond acceptors (Lipinski definition) is 5. The van der Waals surface area contributed by atoms with Gasteiger partial charge in [-0.2, -0.15) is 10.8 Å². The summed E-state index contributed by atoms with van der Waals surface area (Å²) in [6.07, 6.45) is 11.3. The number of allylic oxidation sites excluding steroid dienone is 4. The summed E-state index contributed by atoms with van der Waals surface area (Å²) >= 11 is 0. The van der Waals surface area contributed by atoms with E-state index in [2.05, 4.69) is 10.1 Å². The van der Waals surface area contributed by atoms with Gasteiger partial charge < -0.3 is 5.21 Å². The second-order valence-electron chi connectivity index (χ2n) is 6.90. The number of nitrogens with zero attached hydrogens (tertiary/aromatic N) is 4. The van der Waals surface area contributed by atoms with Crippen molar-refractivity contribution in [1.29, 1.82) is 0 Å². The zero-order valence-corrected chi connectivity index (χ0v) is 15.5. The summed E-state index contributed by atoms with van der Waals surface area (Å²) in [4.78, 5) is 9.09. The Morgan fingerprint density at radius 2 is 1.72 bits per heavy atom. The minimum Gasteiger partial charge on any atom is -0.410 e. The average molecular weight is 380 g/mol. The number of oxime groups is 1. The predicted octanol–water partition coefficient (Wildman–Crippen LogP) is 3.63. The molecule has 5 rings (SSSR count). The molecule has 2 aromatic carbocycles. The first-order chi connectivity index (χ1) is 14.2. The molecule has 2 aromatic rings. The first-order valence-corrected chi connectivity index (χ1v) is 9.20. The van der Waals surface area contributed by atoms with Gasteiger partial charge in [-0.15, -0.1) is 4.59 Å². The summed E-state index contributed by atoms with van der Waals surface area (Å²) in [6.45, 7) is 0. The number of rotatable bonds is 4. The van der Waals surface area contributed by atoms with Gasteiger partial charge >= 0.3 is 0 Å². The number of amidine groups is 1. The first-order valence-electron chi connectivity index (χ1n) is 9.20. The Balaban J connectivity index is 1.52. The number of benzene rings is 2. The standard InChI is InChI=1S/C23H17N5O/c24-28-14-13-25-15-20(28)22(17-7-4-8-17)26-23(28)19-11-9-18(10-12-19)21(27-29)16-5-2-1-3-6-16/h1-15H,24H2/p+1. The smallest absolute Gasteiger partial charge is 0.265 e. The number of hydrogen-bond donors (Lipinski definition) is 2. The van der Waals surface area contributed by atoms with Gasteiger partial charge in [0, 0.05) is 16.7 Å². The second kappa shape index (κ2) is 6.63. The van der Waals surface area contributed by atoms with E-state index in [0.29, 0.717) is 11.5 Å². The molecule has 0 bridgehead atoms. The molecule has 1 aliphatic carbocycles. The summed E-state index contributed by atoms with van der Waals surface area (Å²) < 4.78 is -0.0248. The molecule has 6 heteroatoms. The highest BCUT2D eigenvalue weighted by Crippen LogP contribution is 2.36. The maximum absolute atomic E-state index is 9.54. The molecule has 0 amide bonds. The van der Waals surface area contributed by atoms with Gasteiger partial charge in [0.25, 0.3) is 5.84 Å². The van der Waals surface area contributed by atoms with Gasteiger partial charge in [-0.3, -0.25) is 4.99 Å². The maximum Gasteiger partial charge on any atom is 0.265 e. The topological polar surface area (TPSA) is 83.3 Å². The Morgan fingerprint density at radius 1 is 1.00 bits per heavy atom. The fourth-order valence-corrected chi connectivity index (χ4v) is 3.60. The summed E-state index contributed by atoms with van der Waals surface area (Å²) in [5, 5.41) is 13.0. The molecule has 3 aliphatic rings.